The van der Waals surface area contributed by atoms with Gasteiger partial charge in [-0.3, -0.25) is 4.79 Å². The highest BCUT2D eigenvalue weighted by molar-refractivity contribution is 5.75. The van der Waals surface area contributed by atoms with Crippen LogP contribution in [0, 0.1) is 0 Å². The molecule has 0 aliphatic rings. The van der Waals surface area contributed by atoms with Crippen molar-refractivity contribution >= 4 is 5.91 Å². The summed E-state index contributed by atoms with van der Waals surface area (Å²) in [4.78, 5) is 11.3. The molecule has 1 amide bonds. The monoisotopic (exact) mass is 232 g/mol. The number of hydrogen-bond acceptors (Lipinski definition) is 4. The molecule has 0 rings (SSSR count). The molecule has 0 heterocycles. The molecule has 0 aromatic heterocycles. The van der Waals surface area contributed by atoms with Gasteiger partial charge in [0, 0.05) is 26.1 Å². The van der Waals surface area contributed by atoms with Gasteiger partial charge >= 0.3 is 0 Å². The predicted molar refractivity (Wildman–Crippen MR) is 63.5 cm³/mol. The van der Waals surface area contributed by atoms with E-state index in [-0.39, 0.29) is 5.91 Å². The number of nitrogens with one attached hydrogen (secondary N) is 2. The van der Waals surface area contributed by atoms with E-state index in [1.807, 2.05) is 13.8 Å². The van der Waals surface area contributed by atoms with Gasteiger partial charge in [0.15, 0.2) is 0 Å². The van der Waals surface area contributed by atoms with Crippen LogP contribution >= 0.6 is 0 Å². The predicted octanol–water partition coefficient (Wildman–Crippen LogP) is 0.154. The molecular formula is C11H24N2O3. The van der Waals surface area contributed by atoms with E-state index in [4.69, 9.17) is 9.47 Å². The van der Waals surface area contributed by atoms with Gasteiger partial charge in [-0.1, -0.05) is 6.92 Å². The Hall–Kier alpha value is -0.650. The zero-order valence-electron chi connectivity index (χ0n) is 10.5. The lowest BCUT2D eigenvalue weighted by molar-refractivity contribution is -0.122. The highest BCUT2D eigenvalue weighted by Crippen LogP contribution is 1.85. The van der Waals surface area contributed by atoms with Crippen LogP contribution in [0.1, 0.15) is 20.3 Å². The largest absolute Gasteiger partial charge is 0.382 e. The van der Waals surface area contributed by atoms with Gasteiger partial charge in [0.05, 0.1) is 19.8 Å². The Labute approximate surface area is 97.9 Å². The van der Waals surface area contributed by atoms with Gasteiger partial charge < -0.3 is 20.1 Å². The fourth-order valence-electron chi connectivity index (χ4n) is 1.19. The fourth-order valence-corrected chi connectivity index (χ4v) is 1.19. The number of carbonyl (C=O) groups is 1. The van der Waals surface area contributed by atoms with Crippen molar-refractivity contribution in [3.05, 3.63) is 0 Å². The van der Waals surface area contributed by atoms with Crippen LogP contribution in [-0.2, 0) is 14.3 Å². The average Bonchev–Trinajstić information content (AvgIpc) is 2.26. The lowest BCUT2D eigenvalue weighted by Gasteiger charge is -2.13. The molecule has 0 saturated heterocycles. The van der Waals surface area contributed by atoms with Crippen molar-refractivity contribution < 1.29 is 14.3 Å². The van der Waals surface area contributed by atoms with E-state index in [0.29, 0.717) is 38.8 Å². The van der Waals surface area contributed by atoms with Crippen LogP contribution in [-0.4, -0.2) is 52.0 Å². The number of rotatable bonds is 10. The van der Waals surface area contributed by atoms with Crippen molar-refractivity contribution in [1.29, 1.82) is 0 Å². The molecule has 0 bridgehead atoms. The molecule has 0 aromatic carbocycles. The normalized spacial score (nSPS) is 12.4. The van der Waals surface area contributed by atoms with Gasteiger partial charge in [0.25, 0.3) is 0 Å². The molecular weight excluding hydrogens is 208 g/mol. The molecule has 5 nitrogen and oxygen atoms in total. The first-order valence-electron chi connectivity index (χ1n) is 5.77. The van der Waals surface area contributed by atoms with E-state index in [9.17, 15) is 4.79 Å². The molecule has 96 valence electrons. The summed E-state index contributed by atoms with van der Waals surface area (Å²) in [5.74, 6) is 0.0298. The van der Waals surface area contributed by atoms with E-state index >= 15 is 0 Å². The molecule has 0 fully saturated rings. The molecule has 0 unspecified atom stereocenters. The molecule has 16 heavy (non-hydrogen) atoms. The van der Waals surface area contributed by atoms with Crippen LogP contribution in [0.15, 0.2) is 0 Å². The van der Waals surface area contributed by atoms with Gasteiger partial charge in [0.1, 0.15) is 0 Å². The molecule has 0 radical (unpaired) electrons. The van der Waals surface area contributed by atoms with E-state index in [1.165, 1.54) is 0 Å². The summed E-state index contributed by atoms with van der Waals surface area (Å²) in [6.45, 7) is 7.21. The maximum atomic E-state index is 11.3. The Bertz CT molecular complexity index is 177. The highest BCUT2D eigenvalue weighted by Gasteiger charge is 2.03. The summed E-state index contributed by atoms with van der Waals surface area (Å²) < 4.78 is 10.0. The zero-order valence-corrected chi connectivity index (χ0v) is 10.5. The Morgan fingerprint density at radius 3 is 2.69 bits per heavy atom. The first-order chi connectivity index (χ1) is 7.70. The fraction of sp³-hybridized carbons (Fsp3) is 0.909. The van der Waals surface area contributed by atoms with Crippen molar-refractivity contribution in [2.45, 2.75) is 26.3 Å². The summed E-state index contributed by atoms with van der Waals surface area (Å²) in [6.07, 6.45) is 0.405. The second-order valence-electron chi connectivity index (χ2n) is 3.62. The van der Waals surface area contributed by atoms with Gasteiger partial charge in [-0.25, -0.2) is 0 Å². The lowest BCUT2D eigenvalue weighted by Crippen LogP contribution is -2.39. The van der Waals surface area contributed by atoms with E-state index < -0.39 is 0 Å². The van der Waals surface area contributed by atoms with Crippen LogP contribution in [0.2, 0.25) is 0 Å². The SMILES string of the molecule is CCN[C@H](C)CNC(=O)CCOCCOC. The minimum Gasteiger partial charge on any atom is -0.382 e. The average molecular weight is 232 g/mol. The molecule has 2 N–H and O–H groups in total. The van der Waals surface area contributed by atoms with Crippen LogP contribution in [0.25, 0.3) is 0 Å². The van der Waals surface area contributed by atoms with Crippen molar-refractivity contribution in [2.75, 3.05) is 40.0 Å². The van der Waals surface area contributed by atoms with Crippen molar-refractivity contribution in [1.82, 2.24) is 10.6 Å². The third-order valence-electron chi connectivity index (χ3n) is 2.06. The van der Waals surface area contributed by atoms with Crippen LogP contribution in [0.4, 0.5) is 0 Å². The Morgan fingerprint density at radius 1 is 1.31 bits per heavy atom. The topological polar surface area (TPSA) is 59.6 Å². The van der Waals surface area contributed by atoms with Gasteiger partial charge in [-0.15, -0.1) is 0 Å². The molecule has 0 aromatic rings. The first-order valence-corrected chi connectivity index (χ1v) is 5.77. The summed E-state index contributed by atoms with van der Waals surface area (Å²) in [5.41, 5.74) is 0. The minimum absolute atomic E-state index is 0.0298. The smallest absolute Gasteiger partial charge is 0.222 e. The third-order valence-corrected chi connectivity index (χ3v) is 2.06. The Kier molecular flexibility index (Phi) is 10.4. The van der Waals surface area contributed by atoms with Crippen LogP contribution in [0.5, 0.6) is 0 Å². The quantitative estimate of drug-likeness (QED) is 0.527. The summed E-state index contributed by atoms with van der Waals surface area (Å²) in [6, 6.07) is 0.309. The van der Waals surface area contributed by atoms with Crippen molar-refractivity contribution in [2.24, 2.45) is 0 Å². The van der Waals surface area contributed by atoms with E-state index in [0.717, 1.165) is 6.54 Å². The van der Waals surface area contributed by atoms with Gasteiger partial charge in [-0.2, -0.15) is 0 Å². The van der Waals surface area contributed by atoms with Crippen molar-refractivity contribution in [3.63, 3.8) is 0 Å². The zero-order chi connectivity index (χ0) is 12.2. The second kappa shape index (κ2) is 10.9. The van der Waals surface area contributed by atoms with E-state index in [1.54, 1.807) is 7.11 Å². The summed E-state index contributed by atoms with van der Waals surface area (Å²) >= 11 is 0. The maximum Gasteiger partial charge on any atom is 0.222 e. The first kappa shape index (κ1) is 15.3. The molecule has 0 aliphatic carbocycles. The Balaban J connectivity index is 3.30. The second-order valence-corrected chi connectivity index (χ2v) is 3.62. The molecule has 0 saturated carbocycles. The molecule has 0 aliphatic heterocycles. The van der Waals surface area contributed by atoms with Crippen molar-refractivity contribution in [3.8, 4) is 0 Å². The minimum atomic E-state index is 0.0298. The highest BCUT2D eigenvalue weighted by atomic mass is 16.5. The number of hydrogen-bond donors (Lipinski definition) is 2. The number of carbonyl (C=O) groups excluding carboxylic acids is 1. The maximum absolute atomic E-state index is 11.3. The summed E-state index contributed by atoms with van der Waals surface area (Å²) in [7, 11) is 1.62. The lowest BCUT2D eigenvalue weighted by atomic mass is 10.3. The number of amides is 1. The number of ether oxygens (including phenoxy) is 2. The molecule has 5 heteroatoms. The number of likely N-dealkylation sites (N-methyl/N-ethyl adjacent to an activating group) is 1. The van der Waals surface area contributed by atoms with Crippen LogP contribution < -0.4 is 10.6 Å². The molecule has 1 atom stereocenters. The summed E-state index contributed by atoms with van der Waals surface area (Å²) in [5, 5.41) is 6.07. The third kappa shape index (κ3) is 9.89. The van der Waals surface area contributed by atoms with E-state index in [2.05, 4.69) is 10.6 Å². The Morgan fingerprint density at radius 2 is 2.06 bits per heavy atom. The molecule has 0 spiro atoms. The number of methoxy groups -OCH3 is 1. The van der Waals surface area contributed by atoms with Crippen LogP contribution in [0.3, 0.4) is 0 Å². The van der Waals surface area contributed by atoms with Gasteiger partial charge in [0.2, 0.25) is 5.91 Å². The van der Waals surface area contributed by atoms with Gasteiger partial charge in [-0.05, 0) is 13.5 Å². The standard InChI is InChI=1S/C11H24N2O3/c1-4-12-10(2)9-13-11(14)5-6-16-8-7-15-3/h10,12H,4-9H2,1-3H3,(H,13,14)/t10-/m1/s1.